The van der Waals surface area contributed by atoms with Crippen molar-refractivity contribution in [1.82, 2.24) is 5.32 Å². The Bertz CT molecular complexity index is 383. The minimum absolute atomic E-state index is 0.0691. The maximum atomic E-state index is 11.8. The van der Waals surface area contributed by atoms with Gasteiger partial charge in [0.2, 0.25) is 0 Å². The number of aryl methyl sites for hydroxylation is 1. The van der Waals surface area contributed by atoms with E-state index in [0.717, 1.165) is 42.9 Å². The highest BCUT2D eigenvalue weighted by Crippen LogP contribution is 2.17. The van der Waals surface area contributed by atoms with Crippen LogP contribution in [0.25, 0.3) is 0 Å². The van der Waals surface area contributed by atoms with Crippen LogP contribution < -0.4 is 5.32 Å². The third-order valence-electron chi connectivity index (χ3n) is 3.33. The van der Waals surface area contributed by atoms with Gasteiger partial charge in [-0.25, -0.2) is 0 Å². The summed E-state index contributed by atoms with van der Waals surface area (Å²) in [5.41, 5.74) is 1.07. The topological polar surface area (TPSA) is 38.3 Å². The minimum Gasteiger partial charge on any atom is -0.378 e. The van der Waals surface area contributed by atoms with Crippen LogP contribution in [0.3, 0.4) is 0 Å². The predicted octanol–water partition coefficient (Wildman–Crippen LogP) is 3.14. The second-order valence-corrected chi connectivity index (χ2v) is 5.74. The van der Waals surface area contributed by atoms with Crippen molar-refractivity contribution in [3.63, 3.8) is 0 Å². The van der Waals surface area contributed by atoms with Gasteiger partial charge in [-0.3, -0.25) is 4.79 Å². The van der Waals surface area contributed by atoms with Crippen molar-refractivity contribution in [1.29, 1.82) is 0 Å². The zero-order valence-electron chi connectivity index (χ0n) is 10.9. The van der Waals surface area contributed by atoms with Gasteiger partial charge in [0.1, 0.15) is 0 Å². The predicted molar refractivity (Wildman–Crippen MR) is 74.2 cm³/mol. The molecule has 0 aromatic carbocycles. The van der Waals surface area contributed by atoms with E-state index in [1.165, 1.54) is 24.2 Å². The van der Waals surface area contributed by atoms with Gasteiger partial charge < -0.3 is 10.1 Å². The molecule has 1 aliphatic rings. The molecule has 1 atom stereocenters. The first kappa shape index (κ1) is 13.6. The lowest BCUT2D eigenvalue weighted by molar-refractivity contribution is 0.0950. The standard InChI is InChI=1S/C14H21NO2S/c1-11-7-10-18-13(11)14(16)15-8-3-2-5-12-6-4-9-17-12/h7,10,12H,2-6,8-9H2,1H3,(H,15,16)/t12-/m0/s1. The van der Waals surface area contributed by atoms with Gasteiger partial charge in [-0.1, -0.05) is 0 Å². The Kier molecular flexibility index (Phi) is 5.20. The summed E-state index contributed by atoms with van der Waals surface area (Å²) in [6.07, 6.45) is 6.19. The van der Waals surface area contributed by atoms with E-state index in [0.29, 0.717) is 6.10 Å². The molecule has 0 saturated carbocycles. The Balaban J connectivity index is 1.58. The maximum Gasteiger partial charge on any atom is 0.261 e. The fraction of sp³-hybridized carbons (Fsp3) is 0.643. The first-order chi connectivity index (χ1) is 8.77. The molecule has 2 heterocycles. The van der Waals surface area contributed by atoms with E-state index in [1.807, 2.05) is 18.4 Å². The van der Waals surface area contributed by atoms with Gasteiger partial charge in [0.15, 0.2) is 0 Å². The van der Waals surface area contributed by atoms with Crippen LogP contribution in [0.15, 0.2) is 11.4 Å². The van der Waals surface area contributed by atoms with Crippen LogP contribution in [0.4, 0.5) is 0 Å². The quantitative estimate of drug-likeness (QED) is 0.804. The maximum absolute atomic E-state index is 11.8. The zero-order chi connectivity index (χ0) is 12.8. The van der Waals surface area contributed by atoms with Gasteiger partial charge in [-0.05, 0) is 56.0 Å². The normalized spacial score (nSPS) is 19.1. The molecule has 3 nitrogen and oxygen atoms in total. The average Bonchev–Trinajstić information content (AvgIpc) is 2.99. The van der Waals surface area contributed by atoms with Crippen molar-refractivity contribution in [2.75, 3.05) is 13.2 Å². The van der Waals surface area contributed by atoms with Crippen molar-refractivity contribution in [3.8, 4) is 0 Å². The summed E-state index contributed by atoms with van der Waals surface area (Å²) >= 11 is 1.51. The van der Waals surface area contributed by atoms with Crippen LogP contribution in [-0.4, -0.2) is 25.2 Å². The molecule has 1 N–H and O–H groups in total. The number of unbranched alkanes of at least 4 members (excludes halogenated alkanes) is 1. The van der Waals surface area contributed by atoms with E-state index >= 15 is 0 Å². The highest BCUT2D eigenvalue weighted by Gasteiger charge is 2.14. The van der Waals surface area contributed by atoms with E-state index in [2.05, 4.69) is 5.32 Å². The van der Waals surface area contributed by atoms with Gasteiger partial charge in [-0.15, -0.1) is 11.3 Å². The Morgan fingerprint density at radius 3 is 3.11 bits per heavy atom. The van der Waals surface area contributed by atoms with Crippen LogP contribution in [0.5, 0.6) is 0 Å². The molecule has 0 bridgehead atoms. The van der Waals surface area contributed by atoms with Crippen molar-refractivity contribution in [2.24, 2.45) is 0 Å². The van der Waals surface area contributed by atoms with Crippen LogP contribution in [0.1, 0.15) is 47.3 Å². The summed E-state index contributed by atoms with van der Waals surface area (Å²) in [5.74, 6) is 0.0691. The fourth-order valence-corrected chi connectivity index (χ4v) is 3.10. The Labute approximate surface area is 113 Å². The van der Waals surface area contributed by atoms with E-state index in [1.54, 1.807) is 0 Å². The number of amides is 1. The zero-order valence-corrected chi connectivity index (χ0v) is 11.7. The summed E-state index contributed by atoms with van der Waals surface area (Å²) in [6.45, 7) is 3.67. The lowest BCUT2D eigenvalue weighted by atomic mass is 10.1. The molecule has 1 aromatic rings. The SMILES string of the molecule is Cc1ccsc1C(=O)NCCCC[C@H]1CCCO1. The molecule has 1 fully saturated rings. The van der Waals surface area contributed by atoms with Crippen LogP contribution in [0.2, 0.25) is 0 Å². The van der Waals surface area contributed by atoms with Crippen molar-refractivity contribution in [3.05, 3.63) is 21.9 Å². The molecule has 2 rings (SSSR count). The number of hydrogen-bond acceptors (Lipinski definition) is 3. The number of rotatable bonds is 6. The monoisotopic (exact) mass is 267 g/mol. The molecule has 1 amide bonds. The lowest BCUT2D eigenvalue weighted by Crippen LogP contribution is -2.24. The second-order valence-electron chi connectivity index (χ2n) is 4.82. The van der Waals surface area contributed by atoms with E-state index in [4.69, 9.17) is 4.74 Å². The summed E-state index contributed by atoms with van der Waals surface area (Å²) < 4.78 is 5.57. The van der Waals surface area contributed by atoms with Crippen LogP contribution in [-0.2, 0) is 4.74 Å². The number of thiophene rings is 1. The molecule has 18 heavy (non-hydrogen) atoms. The number of ether oxygens (including phenoxy) is 1. The first-order valence-corrected chi connectivity index (χ1v) is 7.59. The molecule has 1 saturated heterocycles. The third-order valence-corrected chi connectivity index (χ3v) is 4.35. The Morgan fingerprint density at radius 1 is 1.56 bits per heavy atom. The van der Waals surface area contributed by atoms with Crippen molar-refractivity contribution in [2.45, 2.75) is 45.1 Å². The van der Waals surface area contributed by atoms with Crippen LogP contribution >= 0.6 is 11.3 Å². The highest BCUT2D eigenvalue weighted by atomic mass is 32.1. The molecule has 0 radical (unpaired) electrons. The fourth-order valence-electron chi connectivity index (χ4n) is 2.26. The molecular weight excluding hydrogens is 246 g/mol. The van der Waals surface area contributed by atoms with E-state index < -0.39 is 0 Å². The Hall–Kier alpha value is -0.870. The number of nitrogens with one attached hydrogen (secondary N) is 1. The molecule has 0 unspecified atom stereocenters. The molecule has 1 aromatic heterocycles. The van der Waals surface area contributed by atoms with Gasteiger partial charge in [0.05, 0.1) is 11.0 Å². The molecular formula is C14H21NO2S. The van der Waals surface area contributed by atoms with Gasteiger partial charge in [0.25, 0.3) is 5.91 Å². The minimum atomic E-state index is 0.0691. The third kappa shape index (κ3) is 3.82. The molecule has 0 spiro atoms. The summed E-state index contributed by atoms with van der Waals surface area (Å²) in [4.78, 5) is 12.7. The van der Waals surface area contributed by atoms with E-state index in [9.17, 15) is 4.79 Å². The average molecular weight is 267 g/mol. The van der Waals surface area contributed by atoms with Crippen molar-refractivity contribution < 1.29 is 9.53 Å². The molecule has 1 aliphatic heterocycles. The first-order valence-electron chi connectivity index (χ1n) is 6.71. The smallest absolute Gasteiger partial charge is 0.261 e. The molecule has 0 aliphatic carbocycles. The van der Waals surface area contributed by atoms with Gasteiger partial charge >= 0.3 is 0 Å². The number of carbonyl (C=O) groups is 1. The van der Waals surface area contributed by atoms with Gasteiger partial charge in [0, 0.05) is 13.2 Å². The van der Waals surface area contributed by atoms with Gasteiger partial charge in [-0.2, -0.15) is 0 Å². The Morgan fingerprint density at radius 2 is 2.44 bits per heavy atom. The van der Waals surface area contributed by atoms with Crippen LogP contribution in [0, 0.1) is 6.92 Å². The molecule has 100 valence electrons. The summed E-state index contributed by atoms with van der Waals surface area (Å²) in [7, 11) is 0. The lowest BCUT2D eigenvalue weighted by Gasteiger charge is -2.09. The summed E-state index contributed by atoms with van der Waals surface area (Å²) in [5, 5.41) is 4.94. The van der Waals surface area contributed by atoms with E-state index in [-0.39, 0.29) is 5.91 Å². The number of hydrogen-bond donors (Lipinski definition) is 1. The van der Waals surface area contributed by atoms with Crippen molar-refractivity contribution >= 4 is 17.2 Å². The largest absolute Gasteiger partial charge is 0.378 e. The molecule has 4 heteroatoms. The summed E-state index contributed by atoms with van der Waals surface area (Å²) in [6, 6.07) is 1.98. The highest BCUT2D eigenvalue weighted by molar-refractivity contribution is 7.12. The second kappa shape index (κ2) is 6.90. The number of carbonyl (C=O) groups excluding carboxylic acids is 1.